The van der Waals surface area contributed by atoms with E-state index in [4.69, 9.17) is 28.9 Å². The molecule has 5 N–H and O–H groups in total. The van der Waals surface area contributed by atoms with E-state index < -0.39 is 81.8 Å². The normalized spacial score (nSPS) is 19.2. The van der Waals surface area contributed by atoms with Crippen LogP contribution in [0.1, 0.15) is 106 Å². The van der Waals surface area contributed by atoms with Crippen LogP contribution in [0.25, 0.3) is 11.0 Å². The zero-order valence-corrected chi connectivity index (χ0v) is 39.8. The maximum atomic E-state index is 13.3. The summed E-state index contributed by atoms with van der Waals surface area (Å²) >= 11 is 0. The quantitative estimate of drug-likeness (QED) is 0.0842. The average Bonchev–Trinajstić information content (AvgIpc) is 3.14. The number of fused-ring (bicyclic) bond motifs is 1. The van der Waals surface area contributed by atoms with Crippen LogP contribution in [0, 0.1) is 10.1 Å². The van der Waals surface area contributed by atoms with Gasteiger partial charge >= 0.3 is 24.4 Å². The molecule has 5 rings (SSSR count). The fraction of sp³-hybridized carbons (Fsp3) is 0.578. The summed E-state index contributed by atoms with van der Waals surface area (Å²) in [5.74, 6) is 0.158. The summed E-state index contributed by atoms with van der Waals surface area (Å²) in [5, 5.41) is 25.8. The summed E-state index contributed by atoms with van der Waals surface area (Å²) in [6.45, 7) is 21.8. The van der Waals surface area contributed by atoms with E-state index in [0.29, 0.717) is 41.2 Å². The number of anilines is 3. The smallest absolute Gasteiger partial charge is 0.407 e. The maximum Gasteiger partial charge on any atom is 0.407 e. The summed E-state index contributed by atoms with van der Waals surface area (Å²) in [6.07, 6.45) is -2.00. The molecule has 2 aromatic carbocycles. The number of aromatic nitrogens is 2. The highest BCUT2D eigenvalue weighted by Crippen LogP contribution is 2.34. The number of hydrogen-bond donors (Lipinski definition) is 5. The van der Waals surface area contributed by atoms with E-state index in [1.807, 2.05) is 9.80 Å². The Kier molecular flexibility index (Phi) is 15.1. The van der Waals surface area contributed by atoms with Gasteiger partial charge in [-0.3, -0.25) is 14.9 Å². The van der Waals surface area contributed by atoms with E-state index in [2.05, 4.69) is 26.6 Å². The number of alkyl carbamates (subject to hydrolysis) is 4. The molecule has 1 aromatic heterocycles. The van der Waals surface area contributed by atoms with Gasteiger partial charge in [-0.05, 0) is 126 Å². The lowest BCUT2D eigenvalue weighted by Gasteiger charge is -2.43. The third-order valence-electron chi connectivity index (χ3n) is 9.61. The molecular formula is C45H64N10O11. The number of ether oxygens (including phenoxy) is 4. The average molecular weight is 921 g/mol. The zero-order chi connectivity index (χ0) is 48.9. The minimum Gasteiger partial charge on any atom is -0.444 e. The summed E-state index contributed by atoms with van der Waals surface area (Å²) in [6, 6.07) is 7.82. The Hall–Kier alpha value is -6.67. The fourth-order valence-electron chi connectivity index (χ4n) is 7.33. The number of amides is 5. The highest BCUT2D eigenvalue weighted by Gasteiger charge is 2.38. The van der Waals surface area contributed by atoms with Crippen molar-refractivity contribution in [2.75, 3.05) is 41.3 Å². The third kappa shape index (κ3) is 15.5. The molecule has 0 radical (unpaired) electrons. The standard InChI is InChI=1S/C45H64N10O11/c1-42(2,3)63-38(57)47-28-19-29(48-39(58)64-43(4,5)6)23-53(22-28)35-36(52-34-21-27(15-18-33(34)51-35)46-37(56)26-13-16-32(17-14-26)55(61)62)54-24-30(49-40(59)65-44(7,8)9)20-31(25-54)50-41(60)66-45(10,11)12/h13-18,21,28-31H,19-20,22-25H2,1-12H3,(H,46,56)(H,47,57)(H,48,58)(H,49,59)(H,50,60). The number of nitro benzene ring substituents is 1. The maximum absolute atomic E-state index is 13.3. The van der Waals surface area contributed by atoms with Crippen molar-refractivity contribution in [3.8, 4) is 0 Å². The molecule has 66 heavy (non-hydrogen) atoms. The molecule has 0 spiro atoms. The molecule has 2 aliphatic rings. The van der Waals surface area contributed by atoms with E-state index in [9.17, 15) is 34.1 Å². The van der Waals surface area contributed by atoms with Crippen molar-refractivity contribution in [1.29, 1.82) is 0 Å². The molecule has 2 saturated heterocycles. The molecular weight excluding hydrogens is 857 g/mol. The third-order valence-corrected chi connectivity index (χ3v) is 9.61. The van der Waals surface area contributed by atoms with Crippen LogP contribution in [0.15, 0.2) is 42.5 Å². The Morgan fingerprint density at radius 2 is 0.909 bits per heavy atom. The van der Waals surface area contributed by atoms with Gasteiger partial charge in [0.2, 0.25) is 0 Å². The Morgan fingerprint density at radius 1 is 0.561 bits per heavy atom. The number of nitrogens with zero attached hydrogens (tertiary/aromatic N) is 5. The first-order chi connectivity index (χ1) is 30.5. The fourth-order valence-corrected chi connectivity index (χ4v) is 7.33. The predicted octanol–water partition coefficient (Wildman–Crippen LogP) is 6.78. The van der Waals surface area contributed by atoms with Gasteiger partial charge in [0.05, 0.1) is 40.1 Å². The number of benzene rings is 2. The molecule has 21 nitrogen and oxygen atoms in total. The van der Waals surface area contributed by atoms with Gasteiger partial charge in [-0.2, -0.15) is 0 Å². The van der Waals surface area contributed by atoms with E-state index in [1.165, 1.54) is 24.3 Å². The number of nitro groups is 1. The second-order valence-corrected chi connectivity index (χ2v) is 20.5. The molecule has 360 valence electrons. The topological polar surface area (TPSA) is 258 Å². The lowest BCUT2D eigenvalue weighted by molar-refractivity contribution is -0.384. The Balaban J connectivity index is 1.60. The van der Waals surface area contributed by atoms with Crippen LogP contribution in [0.5, 0.6) is 0 Å². The number of carbonyl (C=O) groups is 5. The van der Waals surface area contributed by atoms with Crippen molar-refractivity contribution < 1.29 is 47.8 Å². The Bertz CT molecular complexity index is 2200. The largest absolute Gasteiger partial charge is 0.444 e. The number of non-ortho nitro benzene ring substituents is 1. The summed E-state index contributed by atoms with van der Waals surface area (Å²) in [5.41, 5.74) is -1.99. The first-order valence-electron chi connectivity index (χ1n) is 21.8. The first kappa shape index (κ1) is 50.3. The predicted molar refractivity (Wildman–Crippen MR) is 247 cm³/mol. The second kappa shape index (κ2) is 19.8. The highest BCUT2D eigenvalue weighted by atomic mass is 16.6. The number of carbonyl (C=O) groups excluding carboxylic acids is 5. The molecule has 4 atom stereocenters. The summed E-state index contributed by atoms with van der Waals surface area (Å²) in [7, 11) is 0. The molecule has 0 aliphatic carbocycles. The van der Waals surface area contributed by atoms with Crippen LogP contribution in [-0.4, -0.2) is 118 Å². The number of nitrogens with one attached hydrogen (secondary N) is 5. The van der Waals surface area contributed by atoms with E-state index in [-0.39, 0.29) is 37.4 Å². The van der Waals surface area contributed by atoms with Crippen molar-refractivity contribution in [2.24, 2.45) is 0 Å². The lowest BCUT2D eigenvalue weighted by Crippen LogP contribution is -2.59. The molecule has 2 aliphatic heterocycles. The minimum absolute atomic E-state index is 0.159. The van der Waals surface area contributed by atoms with Crippen LogP contribution in [-0.2, 0) is 18.9 Å². The number of piperidine rings is 2. The second-order valence-electron chi connectivity index (χ2n) is 20.5. The Morgan fingerprint density at radius 3 is 1.24 bits per heavy atom. The van der Waals surface area contributed by atoms with Crippen LogP contribution >= 0.6 is 0 Å². The van der Waals surface area contributed by atoms with Crippen molar-refractivity contribution in [3.05, 3.63) is 58.1 Å². The van der Waals surface area contributed by atoms with Crippen LogP contribution in [0.4, 0.5) is 42.2 Å². The van der Waals surface area contributed by atoms with Gasteiger partial charge in [0.15, 0.2) is 11.6 Å². The molecule has 5 amide bonds. The van der Waals surface area contributed by atoms with Crippen LogP contribution in [0.3, 0.4) is 0 Å². The van der Waals surface area contributed by atoms with Gasteiger partial charge in [-0.1, -0.05) is 0 Å². The lowest BCUT2D eigenvalue weighted by atomic mass is 9.99. The van der Waals surface area contributed by atoms with Gasteiger partial charge < -0.3 is 55.3 Å². The molecule has 2 fully saturated rings. The summed E-state index contributed by atoms with van der Waals surface area (Å²) in [4.78, 5) is 90.8. The van der Waals surface area contributed by atoms with Crippen molar-refractivity contribution >= 4 is 64.3 Å². The Labute approximate surface area is 384 Å². The summed E-state index contributed by atoms with van der Waals surface area (Å²) < 4.78 is 22.4. The van der Waals surface area contributed by atoms with E-state index >= 15 is 0 Å². The van der Waals surface area contributed by atoms with Crippen molar-refractivity contribution in [3.63, 3.8) is 0 Å². The van der Waals surface area contributed by atoms with E-state index in [0.717, 1.165) is 0 Å². The molecule has 4 unspecified atom stereocenters. The van der Waals surface area contributed by atoms with Crippen LogP contribution < -0.4 is 36.4 Å². The SMILES string of the molecule is CC(C)(C)OC(=O)NC1CC(NC(=O)OC(C)(C)C)CN(c2nc3ccc(NC(=O)c4ccc([N+](=O)[O-])cc4)cc3nc2N2CC(NC(=O)OC(C)(C)C)CC(NC(=O)OC(C)(C)C)C2)C1. The molecule has 21 heteroatoms. The highest BCUT2D eigenvalue weighted by molar-refractivity contribution is 6.05. The van der Waals surface area contributed by atoms with Gasteiger partial charge in [-0.15, -0.1) is 0 Å². The van der Waals surface area contributed by atoms with Crippen molar-refractivity contribution in [2.45, 2.75) is 142 Å². The first-order valence-corrected chi connectivity index (χ1v) is 21.8. The van der Waals surface area contributed by atoms with Gasteiger partial charge in [0, 0.05) is 49.6 Å². The van der Waals surface area contributed by atoms with Gasteiger partial charge in [-0.25, -0.2) is 29.1 Å². The van der Waals surface area contributed by atoms with Gasteiger partial charge in [0.1, 0.15) is 22.4 Å². The zero-order valence-electron chi connectivity index (χ0n) is 39.8. The number of rotatable bonds is 9. The number of hydrogen-bond acceptors (Lipinski definition) is 15. The monoisotopic (exact) mass is 920 g/mol. The van der Waals surface area contributed by atoms with E-state index in [1.54, 1.807) is 101 Å². The molecule has 3 aromatic rings. The minimum atomic E-state index is -0.794. The van der Waals surface area contributed by atoms with Crippen molar-refractivity contribution in [1.82, 2.24) is 31.2 Å². The van der Waals surface area contributed by atoms with Crippen LogP contribution in [0.2, 0.25) is 0 Å². The molecule has 0 bridgehead atoms. The van der Waals surface area contributed by atoms with Gasteiger partial charge in [0.25, 0.3) is 11.6 Å². The molecule has 0 saturated carbocycles. The molecule has 3 heterocycles.